The number of carboxylic acid groups (broad SMARTS) is 1. The van der Waals surface area contributed by atoms with Crippen molar-refractivity contribution in [3.05, 3.63) is 60.2 Å². The largest absolute Gasteiger partial charge is 0.465 e. The van der Waals surface area contributed by atoms with E-state index in [2.05, 4.69) is 11.1 Å². The van der Waals surface area contributed by atoms with Crippen molar-refractivity contribution in [3.8, 4) is 11.1 Å². The van der Waals surface area contributed by atoms with Crippen LogP contribution in [0.25, 0.3) is 17.2 Å². The number of benzene rings is 1. The second-order valence-corrected chi connectivity index (χ2v) is 10.4. The minimum Gasteiger partial charge on any atom is -0.465 e. The predicted molar refractivity (Wildman–Crippen MR) is 134 cm³/mol. The summed E-state index contributed by atoms with van der Waals surface area (Å²) in [5.74, 6) is 0.428. The molecule has 5 rings (SSSR count). The molecule has 1 N–H and O–H groups in total. The standard InChI is InChI=1S/C29H33FN2O4/c1-3-32(29(34)35)23-10-12-24-20(14-23)15-26-27(17(2)36-28(26)33)25(24)11-9-22-8-7-19(16-31-22)18-5-4-6-21(30)13-18/h4-9,11,13,16-17,20,23-27H,3,10,12,14-15H2,1-2H3,(H,34,35)/t17-,20+,23-,24-,25+,26-,27+/m1/s1. The lowest BCUT2D eigenvalue weighted by Crippen LogP contribution is -2.49. The van der Waals surface area contributed by atoms with Crippen LogP contribution in [0, 0.1) is 35.4 Å². The van der Waals surface area contributed by atoms with E-state index in [9.17, 15) is 19.1 Å². The number of hydrogen-bond acceptors (Lipinski definition) is 4. The van der Waals surface area contributed by atoms with Gasteiger partial charge in [-0.25, -0.2) is 9.18 Å². The van der Waals surface area contributed by atoms with E-state index in [1.54, 1.807) is 17.2 Å². The van der Waals surface area contributed by atoms with Gasteiger partial charge in [-0.3, -0.25) is 9.78 Å². The summed E-state index contributed by atoms with van der Waals surface area (Å²) in [4.78, 5) is 30.6. The zero-order valence-corrected chi connectivity index (χ0v) is 20.7. The number of hydrogen-bond donors (Lipinski definition) is 1. The second-order valence-electron chi connectivity index (χ2n) is 10.4. The monoisotopic (exact) mass is 492 g/mol. The number of fused-ring (bicyclic) bond motifs is 2. The van der Waals surface area contributed by atoms with Crippen molar-refractivity contribution in [2.24, 2.45) is 29.6 Å². The highest BCUT2D eigenvalue weighted by Crippen LogP contribution is 2.54. The Bertz CT molecular complexity index is 1150. The third-order valence-corrected chi connectivity index (χ3v) is 8.58. The van der Waals surface area contributed by atoms with Gasteiger partial charge >= 0.3 is 12.1 Å². The average molecular weight is 493 g/mol. The molecule has 3 aliphatic rings. The lowest BCUT2D eigenvalue weighted by atomic mass is 9.56. The lowest BCUT2D eigenvalue weighted by Gasteiger charge is -2.49. The number of rotatable bonds is 5. The Morgan fingerprint density at radius 3 is 2.75 bits per heavy atom. The van der Waals surface area contributed by atoms with E-state index in [1.807, 2.05) is 38.1 Å². The number of allylic oxidation sites excluding steroid dienone is 1. The lowest BCUT2D eigenvalue weighted by molar-refractivity contribution is -0.144. The van der Waals surface area contributed by atoms with Gasteiger partial charge in [0.25, 0.3) is 0 Å². The first-order chi connectivity index (χ1) is 17.4. The van der Waals surface area contributed by atoms with Gasteiger partial charge in [-0.05, 0) is 87.1 Å². The van der Waals surface area contributed by atoms with Crippen LogP contribution in [0.4, 0.5) is 9.18 Å². The number of ether oxygens (including phenoxy) is 1. The summed E-state index contributed by atoms with van der Waals surface area (Å²) < 4.78 is 19.3. The molecule has 0 unspecified atom stereocenters. The van der Waals surface area contributed by atoms with Crippen molar-refractivity contribution in [3.63, 3.8) is 0 Å². The maximum atomic E-state index is 13.6. The fourth-order valence-corrected chi connectivity index (χ4v) is 6.98. The van der Waals surface area contributed by atoms with E-state index in [0.29, 0.717) is 12.5 Å². The van der Waals surface area contributed by atoms with Gasteiger partial charge < -0.3 is 14.7 Å². The van der Waals surface area contributed by atoms with E-state index in [-0.39, 0.29) is 47.6 Å². The summed E-state index contributed by atoms with van der Waals surface area (Å²) in [6.07, 6.45) is 8.32. The molecule has 36 heavy (non-hydrogen) atoms. The minimum absolute atomic E-state index is 0.00168. The quantitative estimate of drug-likeness (QED) is 0.527. The van der Waals surface area contributed by atoms with Crippen LogP contribution in [0.3, 0.4) is 0 Å². The van der Waals surface area contributed by atoms with Crippen LogP contribution in [0.2, 0.25) is 0 Å². The molecule has 1 aromatic carbocycles. The van der Waals surface area contributed by atoms with Crippen LogP contribution >= 0.6 is 0 Å². The van der Waals surface area contributed by atoms with Crippen molar-refractivity contribution >= 4 is 18.1 Å². The van der Waals surface area contributed by atoms with Crippen LogP contribution in [0.5, 0.6) is 0 Å². The molecule has 2 heterocycles. The molecule has 7 atom stereocenters. The molecule has 1 saturated heterocycles. The van der Waals surface area contributed by atoms with E-state index < -0.39 is 6.09 Å². The van der Waals surface area contributed by atoms with Gasteiger partial charge in [0, 0.05) is 30.3 Å². The molecule has 7 heteroatoms. The molecule has 190 valence electrons. The van der Waals surface area contributed by atoms with E-state index in [4.69, 9.17) is 4.74 Å². The van der Waals surface area contributed by atoms with E-state index >= 15 is 0 Å². The van der Waals surface area contributed by atoms with Crippen molar-refractivity contribution in [2.45, 2.75) is 51.7 Å². The van der Waals surface area contributed by atoms with Gasteiger partial charge in [0.15, 0.2) is 0 Å². The van der Waals surface area contributed by atoms with Crippen LogP contribution in [-0.4, -0.2) is 45.7 Å². The molecule has 1 aromatic heterocycles. The van der Waals surface area contributed by atoms with Crippen LogP contribution in [-0.2, 0) is 9.53 Å². The summed E-state index contributed by atoms with van der Waals surface area (Å²) in [6.45, 7) is 4.35. The first-order valence-electron chi connectivity index (χ1n) is 13.0. The molecule has 6 nitrogen and oxygen atoms in total. The Hall–Kier alpha value is -3.22. The fraction of sp³-hybridized carbons (Fsp3) is 0.483. The highest BCUT2D eigenvalue weighted by Gasteiger charge is 2.54. The summed E-state index contributed by atoms with van der Waals surface area (Å²) in [5.41, 5.74) is 2.44. The number of aromatic nitrogens is 1. The summed E-state index contributed by atoms with van der Waals surface area (Å²) in [6, 6.07) is 10.3. The van der Waals surface area contributed by atoms with E-state index in [0.717, 1.165) is 42.5 Å². The highest BCUT2D eigenvalue weighted by atomic mass is 19.1. The number of cyclic esters (lactones) is 1. The van der Waals surface area contributed by atoms with Gasteiger partial charge in [-0.2, -0.15) is 0 Å². The molecule has 2 aromatic rings. The smallest absolute Gasteiger partial charge is 0.407 e. The normalized spacial score (nSPS) is 31.5. The van der Waals surface area contributed by atoms with Crippen LogP contribution in [0.15, 0.2) is 48.7 Å². The number of carbonyl (C=O) groups excluding carboxylic acids is 1. The Kier molecular flexibility index (Phi) is 6.82. The number of pyridine rings is 1. The maximum absolute atomic E-state index is 13.6. The molecule has 0 spiro atoms. The molecular formula is C29H33FN2O4. The van der Waals surface area contributed by atoms with Gasteiger partial charge in [-0.1, -0.05) is 24.3 Å². The summed E-state index contributed by atoms with van der Waals surface area (Å²) >= 11 is 0. The van der Waals surface area contributed by atoms with E-state index in [1.165, 1.54) is 12.1 Å². The Morgan fingerprint density at radius 1 is 1.22 bits per heavy atom. The van der Waals surface area contributed by atoms with Crippen molar-refractivity contribution in [1.82, 2.24) is 9.88 Å². The molecule has 0 radical (unpaired) electrons. The summed E-state index contributed by atoms with van der Waals surface area (Å²) in [5, 5.41) is 9.63. The van der Waals surface area contributed by atoms with Crippen molar-refractivity contribution in [2.75, 3.05) is 6.54 Å². The Balaban J connectivity index is 1.38. The average Bonchev–Trinajstić information content (AvgIpc) is 3.15. The zero-order valence-electron chi connectivity index (χ0n) is 20.7. The third kappa shape index (κ3) is 4.63. The van der Waals surface area contributed by atoms with Crippen molar-refractivity contribution < 1.29 is 23.8 Å². The SMILES string of the molecule is CCN(C(=O)O)[C@@H]1CC[C@@H]2[C@@H](C1)C[C@H]1C(=O)O[C@H](C)[C@H]1[C@H]2C=Cc1ccc(-c2cccc(F)c2)cn1. The first kappa shape index (κ1) is 24.5. The first-order valence-corrected chi connectivity index (χ1v) is 13.0. The number of esters is 1. The number of nitrogens with zero attached hydrogens (tertiary/aromatic N) is 2. The second kappa shape index (κ2) is 10.0. The third-order valence-electron chi connectivity index (χ3n) is 8.58. The number of halogens is 1. The predicted octanol–water partition coefficient (Wildman–Crippen LogP) is 5.88. The minimum atomic E-state index is -0.868. The van der Waals surface area contributed by atoms with Crippen molar-refractivity contribution in [1.29, 1.82) is 0 Å². The molecule has 3 fully saturated rings. The Morgan fingerprint density at radius 2 is 2.06 bits per heavy atom. The highest BCUT2D eigenvalue weighted by molar-refractivity contribution is 5.75. The fourth-order valence-electron chi connectivity index (χ4n) is 6.98. The number of carbonyl (C=O) groups is 2. The summed E-state index contributed by atoms with van der Waals surface area (Å²) in [7, 11) is 0. The molecule has 1 amide bonds. The molecule has 1 aliphatic heterocycles. The topological polar surface area (TPSA) is 79.7 Å². The van der Waals surface area contributed by atoms with Gasteiger partial charge in [0.1, 0.15) is 11.9 Å². The van der Waals surface area contributed by atoms with Gasteiger partial charge in [-0.15, -0.1) is 0 Å². The Labute approximate surface area is 211 Å². The molecular weight excluding hydrogens is 459 g/mol. The molecule has 2 saturated carbocycles. The van der Waals surface area contributed by atoms with Crippen LogP contribution in [0.1, 0.15) is 45.2 Å². The zero-order chi connectivity index (χ0) is 25.4. The van der Waals surface area contributed by atoms with Gasteiger partial charge in [0.2, 0.25) is 0 Å². The number of amides is 1. The molecule has 2 aliphatic carbocycles. The maximum Gasteiger partial charge on any atom is 0.407 e. The molecule has 0 bridgehead atoms. The van der Waals surface area contributed by atoms with Gasteiger partial charge in [0.05, 0.1) is 11.6 Å². The van der Waals surface area contributed by atoms with Crippen LogP contribution < -0.4 is 0 Å².